The van der Waals surface area contributed by atoms with Crippen LogP contribution in [0.2, 0.25) is 0 Å². The minimum atomic E-state index is -4.41. The minimum Gasteiger partial charge on any atom is -0.468 e. The summed E-state index contributed by atoms with van der Waals surface area (Å²) in [6.45, 7) is -1.02. The Morgan fingerprint density at radius 1 is 1.24 bits per heavy atom. The average Bonchev–Trinajstić information content (AvgIpc) is 3.37. The van der Waals surface area contributed by atoms with Crippen LogP contribution < -0.4 is 10.1 Å². The molecule has 0 aromatic carbocycles. The van der Waals surface area contributed by atoms with Gasteiger partial charge in [-0.05, 0) is 30.4 Å². The molecule has 0 bridgehead atoms. The van der Waals surface area contributed by atoms with Gasteiger partial charge in [0.05, 0.1) is 17.4 Å². The molecule has 0 saturated heterocycles. The predicted octanol–water partition coefficient (Wildman–Crippen LogP) is 3.55. The number of anilines is 1. The number of fused-ring (bicyclic) bond motifs is 1. The molecule has 7 nitrogen and oxygen atoms in total. The lowest BCUT2D eigenvalue weighted by Crippen LogP contribution is -2.19. The molecule has 10 heteroatoms. The number of hydrogen-bond donors (Lipinski definition) is 1. The molecular weight excluding hydrogens is 387 g/mol. The number of nitrogens with one attached hydrogen (secondary N) is 1. The normalized spacial score (nSPS) is 14.2. The van der Waals surface area contributed by atoms with Gasteiger partial charge in [0.15, 0.2) is 6.61 Å². The highest BCUT2D eigenvalue weighted by Crippen LogP contribution is 2.32. The molecule has 3 aromatic rings. The Balaban J connectivity index is 1.44. The molecule has 152 valence electrons. The zero-order valence-electron chi connectivity index (χ0n) is 15.3. The number of aromatic nitrogens is 4. The number of nitrogens with zero attached hydrogens (tertiary/aromatic N) is 4. The Morgan fingerprint density at radius 2 is 2.07 bits per heavy atom. The molecular formula is C19H18F3N5O2. The van der Waals surface area contributed by atoms with Crippen LogP contribution in [0.15, 0.2) is 36.8 Å². The van der Waals surface area contributed by atoms with Crippen LogP contribution in [0.25, 0.3) is 10.9 Å². The van der Waals surface area contributed by atoms with Crippen molar-refractivity contribution in [1.29, 1.82) is 0 Å². The van der Waals surface area contributed by atoms with E-state index in [-0.39, 0.29) is 11.8 Å². The summed E-state index contributed by atoms with van der Waals surface area (Å²) in [5, 5.41) is 8.02. The van der Waals surface area contributed by atoms with Crippen molar-refractivity contribution in [3.63, 3.8) is 0 Å². The van der Waals surface area contributed by atoms with Crippen molar-refractivity contribution < 1.29 is 22.7 Å². The molecule has 1 fully saturated rings. The molecule has 4 rings (SSSR count). The average molecular weight is 405 g/mol. The van der Waals surface area contributed by atoms with Crippen molar-refractivity contribution >= 4 is 22.6 Å². The molecule has 1 saturated carbocycles. The van der Waals surface area contributed by atoms with Crippen molar-refractivity contribution in [1.82, 2.24) is 19.7 Å². The van der Waals surface area contributed by atoms with Crippen LogP contribution in [0.5, 0.6) is 5.88 Å². The van der Waals surface area contributed by atoms with Gasteiger partial charge < -0.3 is 10.1 Å². The maximum Gasteiger partial charge on any atom is 0.422 e. The Bertz CT molecular complexity index is 1010. The van der Waals surface area contributed by atoms with E-state index in [1.54, 1.807) is 29.2 Å². The largest absolute Gasteiger partial charge is 0.468 e. The van der Waals surface area contributed by atoms with Gasteiger partial charge in [0, 0.05) is 31.1 Å². The van der Waals surface area contributed by atoms with Gasteiger partial charge in [0.25, 0.3) is 0 Å². The summed E-state index contributed by atoms with van der Waals surface area (Å²) < 4.78 is 42.8. The second-order valence-corrected chi connectivity index (χ2v) is 7.02. The lowest BCUT2D eigenvalue weighted by molar-refractivity contribution is -0.154. The number of carbonyl (C=O) groups excluding carboxylic acids is 1. The number of rotatable bonds is 7. The van der Waals surface area contributed by atoms with Crippen LogP contribution in [0, 0.1) is 5.92 Å². The molecule has 0 atom stereocenters. The Kier molecular flexibility index (Phi) is 5.08. The van der Waals surface area contributed by atoms with Crippen LogP contribution in [0.1, 0.15) is 24.8 Å². The summed E-state index contributed by atoms with van der Waals surface area (Å²) in [4.78, 5) is 20.2. The van der Waals surface area contributed by atoms with Gasteiger partial charge in [-0.25, -0.2) is 9.97 Å². The van der Waals surface area contributed by atoms with E-state index in [0.29, 0.717) is 30.2 Å². The number of alkyl halides is 3. The Hall–Kier alpha value is -3.17. The molecule has 3 aromatic heterocycles. The van der Waals surface area contributed by atoms with E-state index in [1.807, 2.05) is 0 Å². The second kappa shape index (κ2) is 7.69. The summed E-state index contributed by atoms with van der Waals surface area (Å²) in [7, 11) is 0. The fourth-order valence-corrected chi connectivity index (χ4v) is 2.87. The van der Waals surface area contributed by atoms with E-state index < -0.39 is 12.8 Å². The third-order valence-corrected chi connectivity index (χ3v) is 4.44. The molecule has 0 unspecified atom stereocenters. The molecule has 1 aliphatic carbocycles. The second-order valence-electron chi connectivity index (χ2n) is 7.02. The maximum absolute atomic E-state index is 12.2. The van der Waals surface area contributed by atoms with E-state index in [0.717, 1.165) is 23.8 Å². The van der Waals surface area contributed by atoms with Gasteiger partial charge in [-0.1, -0.05) is 6.07 Å². The van der Waals surface area contributed by atoms with Crippen LogP contribution in [0.3, 0.4) is 0 Å². The number of carbonyl (C=O) groups is 1. The molecule has 29 heavy (non-hydrogen) atoms. The van der Waals surface area contributed by atoms with Crippen LogP contribution >= 0.6 is 0 Å². The zero-order valence-corrected chi connectivity index (χ0v) is 15.3. The molecule has 1 amide bonds. The zero-order chi connectivity index (χ0) is 20.4. The molecule has 1 N–H and O–H groups in total. The Morgan fingerprint density at radius 3 is 2.76 bits per heavy atom. The number of pyridine rings is 2. The third-order valence-electron chi connectivity index (χ3n) is 4.44. The number of hydrogen-bond acceptors (Lipinski definition) is 5. The van der Waals surface area contributed by atoms with E-state index in [1.165, 1.54) is 12.3 Å². The standard InChI is InChI=1S/C19H18F3N5O2/c20-19(21,22)11-29-17-4-3-13(8-24-17)9-27-10-14-15(26-27)5-6-23-18(14)25-16(28)7-12-1-2-12/h3-6,8,10,12H,1-2,7,9,11H2,(H,23,25,28). The third kappa shape index (κ3) is 5.21. The molecule has 0 aliphatic heterocycles. The first-order chi connectivity index (χ1) is 13.9. The Labute approximate surface area is 163 Å². The van der Waals surface area contributed by atoms with Crippen molar-refractivity contribution in [3.05, 3.63) is 42.4 Å². The number of halogens is 3. The van der Waals surface area contributed by atoms with Gasteiger partial charge in [-0.2, -0.15) is 18.3 Å². The van der Waals surface area contributed by atoms with Crippen molar-refractivity contribution in [2.24, 2.45) is 5.92 Å². The van der Waals surface area contributed by atoms with Crippen LogP contribution in [0.4, 0.5) is 19.0 Å². The monoisotopic (exact) mass is 405 g/mol. The lowest BCUT2D eigenvalue weighted by atomic mass is 10.2. The summed E-state index contributed by atoms with van der Waals surface area (Å²) in [6.07, 6.45) is 3.07. The fraction of sp³-hybridized carbons (Fsp3) is 0.368. The molecule has 3 heterocycles. The highest BCUT2D eigenvalue weighted by molar-refractivity contribution is 5.99. The SMILES string of the molecule is O=C(CC1CC1)Nc1nccc2nn(Cc3ccc(OCC(F)(F)F)nc3)cc12. The van der Waals surface area contributed by atoms with E-state index in [9.17, 15) is 18.0 Å². The minimum absolute atomic E-state index is 0.0566. The topological polar surface area (TPSA) is 81.9 Å². The quantitative estimate of drug-likeness (QED) is 0.650. The summed E-state index contributed by atoms with van der Waals surface area (Å²) in [6, 6.07) is 4.76. The molecule has 0 radical (unpaired) electrons. The van der Waals surface area contributed by atoms with Crippen LogP contribution in [-0.4, -0.2) is 38.4 Å². The lowest BCUT2D eigenvalue weighted by Gasteiger charge is -2.08. The van der Waals surface area contributed by atoms with E-state index >= 15 is 0 Å². The predicted molar refractivity (Wildman–Crippen MR) is 98.4 cm³/mol. The van der Waals surface area contributed by atoms with Gasteiger partial charge in [0.1, 0.15) is 5.82 Å². The van der Waals surface area contributed by atoms with Gasteiger partial charge in [-0.3, -0.25) is 9.48 Å². The van der Waals surface area contributed by atoms with E-state index in [2.05, 4.69) is 25.1 Å². The van der Waals surface area contributed by atoms with Crippen LogP contribution in [-0.2, 0) is 11.3 Å². The maximum atomic E-state index is 12.2. The first kappa shape index (κ1) is 19.2. The number of ether oxygens (including phenoxy) is 1. The summed E-state index contributed by atoms with van der Waals surface area (Å²) in [5.74, 6) is 0.793. The van der Waals surface area contributed by atoms with Crippen molar-refractivity contribution in [2.75, 3.05) is 11.9 Å². The molecule has 1 aliphatic rings. The summed E-state index contributed by atoms with van der Waals surface area (Å²) >= 11 is 0. The first-order valence-electron chi connectivity index (χ1n) is 9.12. The fourth-order valence-electron chi connectivity index (χ4n) is 2.87. The number of amides is 1. The van der Waals surface area contributed by atoms with Gasteiger partial charge in [-0.15, -0.1) is 0 Å². The highest BCUT2D eigenvalue weighted by atomic mass is 19.4. The first-order valence-corrected chi connectivity index (χ1v) is 9.12. The van der Waals surface area contributed by atoms with Crippen molar-refractivity contribution in [3.8, 4) is 5.88 Å². The van der Waals surface area contributed by atoms with E-state index in [4.69, 9.17) is 0 Å². The molecule has 0 spiro atoms. The highest BCUT2D eigenvalue weighted by Gasteiger charge is 2.28. The van der Waals surface area contributed by atoms with Gasteiger partial charge >= 0.3 is 6.18 Å². The summed E-state index contributed by atoms with van der Waals surface area (Å²) in [5.41, 5.74) is 1.42. The smallest absolute Gasteiger partial charge is 0.422 e. The van der Waals surface area contributed by atoms with Gasteiger partial charge in [0.2, 0.25) is 11.8 Å². The van der Waals surface area contributed by atoms with Crippen molar-refractivity contribution in [2.45, 2.75) is 32.0 Å².